The normalized spacial score (nSPS) is 28.8. The van der Waals surface area contributed by atoms with E-state index in [1.165, 1.54) is 0 Å². The number of nitrogens with zero attached hydrogens (tertiary/aromatic N) is 1. The number of rotatable bonds is 6. The summed E-state index contributed by atoms with van der Waals surface area (Å²) in [5, 5.41) is 8.83. The number of aliphatic carboxylic acids is 1. The predicted octanol–water partition coefficient (Wildman–Crippen LogP) is 0.321. The van der Waals surface area contributed by atoms with Gasteiger partial charge in [0.15, 0.2) is 0 Å². The number of carbonyl (C=O) groups is 1. The van der Waals surface area contributed by atoms with Crippen LogP contribution >= 0.6 is 0 Å². The molecule has 1 saturated carbocycles. The molecular weight excluding hydrogens is 254 g/mol. The zero-order valence-corrected chi connectivity index (χ0v) is 11.6. The minimum absolute atomic E-state index is 0.0326. The number of hydrogen-bond donors (Lipinski definition) is 1. The summed E-state index contributed by atoms with van der Waals surface area (Å²) in [5.41, 5.74) is -0.183. The van der Waals surface area contributed by atoms with Gasteiger partial charge in [-0.05, 0) is 25.3 Å². The van der Waals surface area contributed by atoms with Crippen LogP contribution in [0.15, 0.2) is 0 Å². The summed E-state index contributed by atoms with van der Waals surface area (Å²) in [5.74, 6) is 0.271. The smallest absolute Gasteiger partial charge is 0.303 e. The Bertz CT molecular complexity index is 343. The maximum Gasteiger partial charge on any atom is 0.303 e. The maximum absolute atomic E-state index is 12.1. The van der Waals surface area contributed by atoms with Gasteiger partial charge in [0.2, 0.25) is 0 Å². The number of likely N-dealkylation sites (N-methyl/N-ethyl adjacent to an activating group) is 1. The van der Waals surface area contributed by atoms with Crippen molar-refractivity contribution in [3.63, 3.8) is 0 Å². The van der Waals surface area contributed by atoms with Crippen molar-refractivity contribution in [3.05, 3.63) is 0 Å². The van der Waals surface area contributed by atoms with Crippen molar-refractivity contribution in [3.8, 4) is 0 Å². The van der Waals surface area contributed by atoms with Gasteiger partial charge >= 0.3 is 5.97 Å². The van der Waals surface area contributed by atoms with Crippen molar-refractivity contribution in [2.24, 2.45) is 5.41 Å². The zero-order chi connectivity index (χ0) is 13.2. The van der Waals surface area contributed by atoms with E-state index in [2.05, 4.69) is 4.90 Å². The predicted molar refractivity (Wildman–Crippen MR) is 69.0 cm³/mol. The largest absolute Gasteiger partial charge is 0.481 e. The van der Waals surface area contributed by atoms with Crippen LogP contribution in [0.2, 0.25) is 0 Å². The van der Waals surface area contributed by atoms with Gasteiger partial charge in [-0.2, -0.15) is 0 Å². The Labute approximate surface area is 110 Å². The molecule has 6 heteroatoms. The van der Waals surface area contributed by atoms with Crippen molar-refractivity contribution < 1.29 is 18.8 Å². The van der Waals surface area contributed by atoms with Crippen molar-refractivity contribution in [2.45, 2.75) is 25.4 Å². The van der Waals surface area contributed by atoms with Crippen LogP contribution in [0.3, 0.4) is 0 Å². The van der Waals surface area contributed by atoms with Crippen molar-refractivity contribution in [2.75, 3.05) is 38.2 Å². The van der Waals surface area contributed by atoms with Gasteiger partial charge in [0.25, 0.3) is 0 Å². The summed E-state index contributed by atoms with van der Waals surface area (Å²) in [6.07, 6.45) is 1.99. The number of morpholine rings is 1. The van der Waals surface area contributed by atoms with E-state index in [1.54, 1.807) is 0 Å². The van der Waals surface area contributed by atoms with Gasteiger partial charge in [-0.3, -0.25) is 9.00 Å². The fourth-order valence-electron chi connectivity index (χ4n) is 2.45. The Kier molecular flexibility index (Phi) is 4.40. The lowest BCUT2D eigenvalue weighted by Gasteiger charge is -2.30. The second-order valence-corrected chi connectivity index (χ2v) is 7.08. The molecule has 2 unspecified atom stereocenters. The van der Waals surface area contributed by atoms with Crippen LogP contribution in [0.4, 0.5) is 0 Å². The molecule has 0 amide bonds. The lowest BCUT2D eigenvalue weighted by Crippen LogP contribution is -2.43. The van der Waals surface area contributed by atoms with E-state index in [0.717, 1.165) is 25.9 Å². The molecular formula is C12H21NO4S. The van der Waals surface area contributed by atoms with E-state index in [9.17, 15) is 9.00 Å². The van der Waals surface area contributed by atoms with E-state index in [-0.39, 0.29) is 17.9 Å². The molecule has 1 saturated heterocycles. The van der Waals surface area contributed by atoms with Crippen LogP contribution < -0.4 is 0 Å². The number of hydrogen-bond acceptors (Lipinski definition) is 4. The Balaban J connectivity index is 1.76. The quantitative estimate of drug-likeness (QED) is 0.756. The minimum atomic E-state index is -0.971. The molecule has 0 radical (unpaired) electrons. The summed E-state index contributed by atoms with van der Waals surface area (Å²) in [6, 6.07) is 0. The Morgan fingerprint density at radius 2 is 2.28 bits per heavy atom. The topological polar surface area (TPSA) is 66.8 Å². The highest BCUT2D eigenvalue weighted by molar-refractivity contribution is 7.85. The number of ether oxygens (including phenoxy) is 1. The monoisotopic (exact) mass is 275 g/mol. The van der Waals surface area contributed by atoms with E-state index in [0.29, 0.717) is 18.1 Å². The summed E-state index contributed by atoms with van der Waals surface area (Å²) in [7, 11) is 1.06. The van der Waals surface area contributed by atoms with Crippen LogP contribution in [-0.2, 0) is 20.3 Å². The van der Waals surface area contributed by atoms with Crippen LogP contribution in [-0.4, -0.2) is 64.5 Å². The van der Waals surface area contributed by atoms with Gasteiger partial charge in [-0.15, -0.1) is 0 Å². The third-order valence-electron chi connectivity index (χ3n) is 3.66. The van der Waals surface area contributed by atoms with Crippen molar-refractivity contribution in [1.29, 1.82) is 0 Å². The molecule has 1 heterocycles. The summed E-state index contributed by atoms with van der Waals surface area (Å²) >= 11 is 0. The molecule has 1 N–H and O–H groups in total. The van der Waals surface area contributed by atoms with Crippen molar-refractivity contribution in [1.82, 2.24) is 4.90 Å². The molecule has 2 aliphatic rings. The lowest BCUT2D eigenvalue weighted by atomic mass is 10.1. The second-order valence-electron chi connectivity index (χ2n) is 5.58. The van der Waals surface area contributed by atoms with Gasteiger partial charge in [0.1, 0.15) is 0 Å². The highest BCUT2D eigenvalue weighted by Crippen LogP contribution is 2.49. The van der Waals surface area contributed by atoms with Gasteiger partial charge in [-0.25, -0.2) is 0 Å². The molecule has 18 heavy (non-hydrogen) atoms. The van der Waals surface area contributed by atoms with Gasteiger partial charge in [0.05, 0.1) is 24.9 Å². The van der Waals surface area contributed by atoms with Gasteiger partial charge in [-0.1, -0.05) is 0 Å². The van der Waals surface area contributed by atoms with Gasteiger partial charge < -0.3 is 14.7 Å². The molecule has 0 bridgehead atoms. The van der Waals surface area contributed by atoms with Crippen molar-refractivity contribution >= 4 is 16.8 Å². The molecule has 104 valence electrons. The molecule has 0 aromatic rings. The maximum atomic E-state index is 12.1. The highest BCUT2D eigenvalue weighted by Gasteiger charge is 2.45. The Morgan fingerprint density at radius 3 is 2.83 bits per heavy atom. The third-order valence-corrected chi connectivity index (χ3v) is 5.34. The van der Waals surface area contributed by atoms with Gasteiger partial charge in [0, 0.05) is 29.6 Å². The molecule has 0 aromatic carbocycles. The van der Waals surface area contributed by atoms with Crippen LogP contribution in [0.25, 0.3) is 0 Å². The SMILES string of the molecule is CN1CCOC(CS(=O)CC2(CC(=O)O)CC2)C1. The Morgan fingerprint density at radius 1 is 1.56 bits per heavy atom. The first-order chi connectivity index (χ1) is 8.49. The lowest BCUT2D eigenvalue weighted by molar-refractivity contribution is -0.138. The van der Waals surface area contributed by atoms with E-state index in [1.807, 2.05) is 7.05 Å². The van der Waals surface area contributed by atoms with E-state index >= 15 is 0 Å². The molecule has 0 spiro atoms. The second kappa shape index (κ2) is 5.67. The van der Waals surface area contributed by atoms with Crippen LogP contribution in [0.5, 0.6) is 0 Å². The molecule has 0 aromatic heterocycles. The molecule has 2 rings (SSSR count). The molecule has 2 fully saturated rings. The average molecular weight is 275 g/mol. The molecule has 2 atom stereocenters. The first kappa shape index (κ1) is 14.0. The molecule has 1 aliphatic heterocycles. The summed E-state index contributed by atoms with van der Waals surface area (Å²) in [4.78, 5) is 12.9. The Hall–Kier alpha value is -0.460. The molecule has 5 nitrogen and oxygen atoms in total. The third kappa shape index (κ3) is 4.03. The van der Waals surface area contributed by atoms with Crippen LogP contribution in [0, 0.1) is 5.41 Å². The van der Waals surface area contributed by atoms with E-state index < -0.39 is 16.8 Å². The van der Waals surface area contributed by atoms with E-state index in [4.69, 9.17) is 9.84 Å². The molecule has 1 aliphatic carbocycles. The standard InChI is InChI=1S/C12H21NO4S/c1-13-4-5-17-10(7-13)8-18(16)9-12(2-3-12)6-11(14)15/h10H,2-9H2,1H3,(H,14,15). The summed E-state index contributed by atoms with van der Waals surface area (Å²) in [6.45, 7) is 2.43. The number of carboxylic acid groups (broad SMARTS) is 1. The first-order valence-electron chi connectivity index (χ1n) is 6.36. The first-order valence-corrected chi connectivity index (χ1v) is 7.85. The fraction of sp³-hybridized carbons (Fsp3) is 0.917. The fourth-order valence-corrected chi connectivity index (χ4v) is 4.25. The summed E-state index contributed by atoms with van der Waals surface area (Å²) < 4.78 is 17.7. The average Bonchev–Trinajstić information content (AvgIpc) is 2.95. The highest BCUT2D eigenvalue weighted by atomic mass is 32.2. The van der Waals surface area contributed by atoms with Crippen LogP contribution in [0.1, 0.15) is 19.3 Å². The minimum Gasteiger partial charge on any atom is -0.481 e. The number of carboxylic acids is 1. The zero-order valence-electron chi connectivity index (χ0n) is 10.8.